The quantitative estimate of drug-likeness (QED) is 0.692. The summed E-state index contributed by atoms with van der Waals surface area (Å²) >= 11 is 5.35. The molecule has 1 aromatic carbocycles. The van der Waals surface area contributed by atoms with E-state index in [9.17, 15) is 8.78 Å². The molecule has 70 valence electrons. The molecule has 13 heavy (non-hydrogen) atoms. The lowest BCUT2D eigenvalue weighted by Gasteiger charge is -2.28. The van der Waals surface area contributed by atoms with E-state index >= 15 is 0 Å². The zero-order chi connectivity index (χ0) is 9.42. The van der Waals surface area contributed by atoms with Gasteiger partial charge in [0, 0.05) is 6.04 Å². The maximum atomic E-state index is 13.0. The summed E-state index contributed by atoms with van der Waals surface area (Å²) in [6.07, 6.45) is 0.917. The minimum Gasteiger partial charge on any atom is -0.310 e. The predicted molar refractivity (Wildman–Crippen MR) is 46.7 cm³/mol. The number of halogens is 3. The van der Waals surface area contributed by atoms with Crippen LogP contribution in [0, 0.1) is 11.6 Å². The van der Waals surface area contributed by atoms with Crippen molar-refractivity contribution in [3.63, 3.8) is 0 Å². The van der Waals surface area contributed by atoms with Crippen LogP contribution in [-0.2, 0) is 0 Å². The highest BCUT2D eigenvalue weighted by Crippen LogP contribution is 2.28. The highest BCUT2D eigenvalue weighted by atomic mass is 35.5. The van der Waals surface area contributed by atoms with E-state index in [2.05, 4.69) is 5.32 Å². The summed E-state index contributed by atoms with van der Waals surface area (Å²) in [5.41, 5.74) is 0.630. The summed E-state index contributed by atoms with van der Waals surface area (Å²) in [6, 6.07) is 2.64. The van der Waals surface area contributed by atoms with E-state index in [0.717, 1.165) is 13.0 Å². The molecule has 0 saturated carbocycles. The van der Waals surface area contributed by atoms with Crippen molar-refractivity contribution < 1.29 is 8.78 Å². The second kappa shape index (κ2) is 3.24. The summed E-state index contributed by atoms with van der Waals surface area (Å²) < 4.78 is 25.9. The molecule has 1 fully saturated rings. The van der Waals surface area contributed by atoms with E-state index in [-0.39, 0.29) is 6.04 Å². The van der Waals surface area contributed by atoms with Crippen LogP contribution in [0.5, 0.6) is 0 Å². The Morgan fingerprint density at radius 3 is 2.23 bits per heavy atom. The van der Waals surface area contributed by atoms with Gasteiger partial charge < -0.3 is 5.32 Å². The number of hydrogen-bond acceptors (Lipinski definition) is 1. The van der Waals surface area contributed by atoms with Gasteiger partial charge in [-0.15, -0.1) is 0 Å². The van der Waals surface area contributed by atoms with Crippen LogP contribution in [0.3, 0.4) is 0 Å². The van der Waals surface area contributed by atoms with E-state index in [0.29, 0.717) is 5.56 Å². The Morgan fingerprint density at radius 1 is 1.31 bits per heavy atom. The van der Waals surface area contributed by atoms with E-state index in [1.807, 2.05) is 0 Å². The number of nitrogens with one attached hydrogen (secondary N) is 1. The lowest BCUT2D eigenvalue weighted by molar-refractivity contribution is 0.380. The van der Waals surface area contributed by atoms with Crippen molar-refractivity contribution in [3.05, 3.63) is 34.4 Å². The SMILES string of the molecule is Fc1cc([C@H]2CCN2)cc(F)c1Cl. The molecule has 0 aliphatic carbocycles. The van der Waals surface area contributed by atoms with Gasteiger partial charge in [0.2, 0.25) is 0 Å². The molecule has 1 aromatic rings. The van der Waals surface area contributed by atoms with Crippen LogP contribution in [0.15, 0.2) is 12.1 Å². The minimum absolute atomic E-state index is 0.0845. The van der Waals surface area contributed by atoms with Crippen molar-refractivity contribution in [3.8, 4) is 0 Å². The van der Waals surface area contributed by atoms with Gasteiger partial charge in [0.1, 0.15) is 16.7 Å². The Morgan fingerprint density at radius 2 is 1.85 bits per heavy atom. The van der Waals surface area contributed by atoms with E-state index < -0.39 is 16.7 Å². The summed E-state index contributed by atoms with van der Waals surface area (Å²) in [5, 5.41) is 2.63. The first-order valence-electron chi connectivity index (χ1n) is 4.06. The zero-order valence-corrected chi connectivity index (χ0v) is 7.54. The fourth-order valence-electron chi connectivity index (χ4n) is 1.35. The Balaban J connectivity index is 2.37. The fourth-order valence-corrected chi connectivity index (χ4v) is 1.46. The molecular formula is C9H8ClF2N. The molecule has 1 heterocycles. The average molecular weight is 204 g/mol. The molecule has 2 rings (SSSR count). The molecule has 0 radical (unpaired) electrons. The Hall–Kier alpha value is -0.670. The van der Waals surface area contributed by atoms with Crippen LogP contribution in [0.1, 0.15) is 18.0 Å². The first kappa shape index (κ1) is 8.91. The van der Waals surface area contributed by atoms with Gasteiger partial charge >= 0.3 is 0 Å². The van der Waals surface area contributed by atoms with Gasteiger partial charge in [0.05, 0.1) is 0 Å². The summed E-state index contributed by atoms with van der Waals surface area (Å²) in [6.45, 7) is 0.899. The topological polar surface area (TPSA) is 12.0 Å². The van der Waals surface area contributed by atoms with Crippen molar-refractivity contribution in [2.24, 2.45) is 0 Å². The molecule has 1 saturated heterocycles. The van der Waals surface area contributed by atoms with Gasteiger partial charge in [-0.2, -0.15) is 0 Å². The summed E-state index contributed by atoms with van der Waals surface area (Å²) in [5.74, 6) is -1.38. The van der Waals surface area contributed by atoms with E-state index in [1.54, 1.807) is 0 Å². The standard InChI is InChI=1S/C9H8ClF2N/c10-9-6(11)3-5(4-7(9)12)8-1-2-13-8/h3-4,8,13H,1-2H2/t8-/m1/s1. The molecule has 0 bridgehead atoms. The summed E-state index contributed by atoms with van der Waals surface area (Å²) in [7, 11) is 0. The first-order valence-corrected chi connectivity index (χ1v) is 4.44. The molecule has 0 spiro atoms. The van der Waals surface area contributed by atoms with Crippen LogP contribution in [-0.4, -0.2) is 6.54 Å². The Labute approximate surface area is 79.7 Å². The van der Waals surface area contributed by atoms with Gasteiger partial charge in [-0.25, -0.2) is 8.78 Å². The molecule has 0 aromatic heterocycles. The third kappa shape index (κ3) is 1.54. The highest BCUT2D eigenvalue weighted by Gasteiger charge is 2.21. The fraction of sp³-hybridized carbons (Fsp3) is 0.333. The molecule has 1 nitrogen and oxygen atoms in total. The van der Waals surface area contributed by atoms with Crippen LogP contribution in [0.4, 0.5) is 8.78 Å². The lowest BCUT2D eigenvalue weighted by Crippen LogP contribution is -2.35. The monoisotopic (exact) mass is 203 g/mol. The Bertz CT molecular complexity index is 313. The molecule has 0 unspecified atom stereocenters. The molecule has 4 heteroatoms. The van der Waals surface area contributed by atoms with Crippen molar-refractivity contribution in [1.29, 1.82) is 0 Å². The van der Waals surface area contributed by atoms with Crippen molar-refractivity contribution >= 4 is 11.6 Å². The van der Waals surface area contributed by atoms with Gasteiger partial charge in [-0.3, -0.25) is 0 Å². The summed E-state index contributed by atoms with van der Waals surface area (Å²) in [4.78, 5) is 0. The number of benzene rings is 1. The van der Waals surface area contributed by atoms with Crippen LogP contribution in [0.25, 0.3) is 0 Å². The second-order valence-electron chi connectivity index (χ2n) is 3.09. The van der Waals surface area contributed by atoms with Crippen molar-refractivity contribution in [2.75, 3.05) is 6.54 Å². The van der Waals surface area contributed by atoms with Crippen LogP contribution >= 0.6 is 11.6 Å². The lowest BCUT2D eigenvalue weighted by atomic mass is 9.98. The molecule has 1 aliphatic heterocycles. The van der Waals surface area contributed by atoms with Crippen LogP contribution in [0.2, 0.25) is 5.02 Å². The third-order valence-corrected chi connectivity index (χ3v) is 2.59. The minimum atomic E-state index is -0.689. The Kier molecular flexibility index (Phi) is 2.22. The zero-order valence-electron chi connectivity index (χ0n) is 6.78. The van der Waals surface area contributed by atoms with Crippen molar-refractivity contribution in [1.82, 2.24) is 5.32 Å². The normalized spacial score (nSPS) is 21.3. The predicted octanol–water partition coefficient (Wildman–Crippen LogP) is 2.65. The van der Waals surface area contributed by atoms with Gasteiger partial charge in [-0.05, 0) is 30.7 Å². The second-order valence-corrected chi connectivity index (χ2v) is 3.47. The highest BCUT2D eigenvalue weighted by molar-refractivity contribution is 6.30. The molecule has 1 N–H and O–H groups in total. The largest absolute Gasteiger partial charge is 0.310 e. The van der Waals surface area contributed by atoms with E-state index in [1.165, 1.54) is 12.1 Å². The number of rotatable bonds is 1. The maximum Gasteiger partial charge on any atom is 0.145 e. The molecular weight excluding hydrogens is 196 g/mol. The molecule has 1 aliphatic rings. The molecule has 1 atom stereocenters. The maximum absolute atomic E-state index is 13.0. The van der Waals surface area contributed by atoms with Crippen molar-refractivity contribution in [2.45, 2.75) is 12.5 Å². The number of hydrogen-bond donors (Lipinski definition) is 1. The van der Waals surface area contributed by atoms with Gasteiger partial charge in [0.25, 0.3) is 0 Å². The smallest absolute Gasteiger partial charge is 0.145 e. The van der Waals surface area contributed by atoms with Crippen LogP contribution < -0.4 is 5.32 Å². The third-order valence-electron chi connectivity index (χ3n) is 2.23. The average Bonchev–Trinajstić information content (AvgIpc) is 1.96. The molecule has 0 amide bonds. The first-order chi connectivity index (χ1) is 6.18. The van der Waals surface area contributed by atoms with Gasteiger partial charge in [-0.1, -0.05) is 11.6 Å². The van der Waals surface area contributed by atoms with E-state index in [4.69, 9.17) is 11.6 Å². The van der Waals surface area contributed by atoms with Gasteiger partial charge in [0.15, 0.2) is 0 Å².